The Bertz CT molecular complexity index is 873. The molecular weight excluding hydrogens is 416 g/mol. The van der Waals surface area contributed by atoms with Crippen LogP contribution in [0.5, 0.6) is 5.75 Å². The Morgan fingerprint density at radius 2 is 1.94 bits per heavy atom. The van der Waals surface area contributed by atoms with E-state index in [4.69, 9.17) is 16.3 Å². The molecule has 0 radical (unpaired) electrons. The van der Waals surface area contributed by atoms with Gasteiger partial charge in [-0.1, -0.05) is 29.8 Å². The van der Waals surface area contributed by atoms with E-state index in [1.807, 2.05) is 19.1 Å². The molecule has 4 rings (SSSR count). The summed E-state index contributed by atoms with van der Waals surface area (Å²) in [5, 5.41) is 7.10. The van der Waals surface area contributed by atoms with Gasteiger partial charge in [-0.3, -0.25) is 19.5 Å². The molecule has 0 aromatic heterocycles. The SMILES string of the molecule is CN=C(NCCCN1C(=O)C2C3C=CC(C3)C2C1=O)NCC(C)Oc1cccc(Cl)c1. The second-order valence-electron chi connectivity index (χ2n) is 8.45. The highest BCUT2D eigenvalue weighted by atomic mass is 35.5. The summed E-state index contributed by atoms with van der Waals surface area (Å²) in [6, 6.07) is 7.30. The van der Waals surface area contributed by atoms with Crippen LogP contribution in [0.2, 0.25) is 5.02 Å². The highest BCUT2D eigenvalue weighted by Crippen LogP contribution is 2.52. The Morgan fingerprint density at radius 1 is 1.23 bits per heavy atom. The van der Waals surface area contributed by atoms with E-state index in [1.54, 1.807) is 19.2 Å². The number of nitrogens with zero attached hydrogens (tertiary/aromatic N) is 2. The fraction of sp³-hybridized carbons (Fsp3) is 0.522. The van der Waals surface area contributed by atoms with Crippen molar-refractivity contribution in [2.24, 2.45) is 28.7 Å². The molecular formula is C23H29ClN4O3. The van der Waals surface area contributed by atoms with E-state index in [0.717, 1.165) is 12.2 Å². The van der Waals surface area contributed by atoms with E-state index in [0.29, 0.717) is 37.0 Å². The number of halogens is 1. The third-order valence-electron chi connectivity index (χ3n) is 6.33. The maximum atomic E-state index is 12.7. The number of amides is 2. The number of allylic oxidation sites excluding steroid dienone is 2. The molecule has 2 N–H and O–H groups in total. The van der Waals surface area contributed by atoms with Crippen LogP contribution in [0.3, 0.4) is 0 Å². The number of benzene rings is 1. The number of guanidine groups is 1. The molecule has 166 valence electrons. The van der Waals surface area contributed by atoms with Crippen LogP contribution in [0.15, 0.2) is 41.4 Å². The fourth-order valence-electron chi connectivity index (χ4n) is 4.90. The molecule has 3 aliphatic rings. The van der Waals surface area contributed by atoms with Crippen molar-refractivity contribution in [3.05, 3.63) is 41.4 Å². The molecule has 5 atom stereocenters. The molecule has 2 aliphatic carbocycles. The van der Waals surface area contributed by atoms with Gasteiger partial charge in [0.05, 0.1) is 18.4 Å². The number of ether oxygens (including phenoxy) is 1. The molecule has 2 amide bonds. The molecule has 31 heavy (non-hydrogen) atoms. The van der Waals surface area contributed by atoms with E-state index in [9.17, 15) is 9.59 Å². The third kappa shape index (κ3) is 4.56. The van der Waals surface area contributed by atoms with E-state index in [2.05, 4.69) is 27.8 Å². The zero-order chi connectivity index (χ0) is 22.0. The molecule has 7 nitrogen and oxygen atoms in total. The minimum Gasteiger partial charge on any atom is -0.489 e. The first-order valence-corrected chi connectivity index (χ1v) is 11.3. The molecule has 1 saturated heterocycles. The van der Waals surface area contributed by atoms with Crippen molar-refractivity contribution in [1.29, 1.82) is 0 Å². The number of rotatable bonds is 8. The van der Waals surface area contributed by atoms with Gasteiger partial charge in [-0.25, -0.2) is 0 Å². The maximum Gasteiger partial charge on any atom is 0.233 e. The van der Waals surface area contributed by atoms with Crippen LogP contribution < -0.4 is 15.4 Å². The molecule has 1 aromatic carbocycles. The zero-order valence-corrected chi connectivity index (χ0v) is 18.6. The quantitative estimate of drug-likeness (QED) is 0.211. The van der Waals surface area contributed by atoms with Crippen molar-refractivity contribution in [2.45, 2.75) is 25.9 Å². The smallest absolute Gasteiger partial charge is 0.233 e. The lowest BCUT2D eigenvalue weighted by Crippen LogP contribution is -2.43. The average Bonchev–Trinajstić information content (AvgIpc) is 3.42. The number of hydrogen-bond donors (Lipinski definition) is 2. The van der Waals surface area contributed by atoms with Gasteiger partial charge in [-0.05, 0) is 49.8 Å². The Morgan fingerprint density at radius 3 is 2.58 bits per heavy atom. The number of fused-ring (bicyclic) bond motifs is 5. The summed E-state index contributed by atoms with van der Waals surface area (Å²) in [4.78, 5) is 31.1. The van der Waals surface area contributed by atoms with Crippen LogP contribution in [0.4, 0.5) is 0 Å². The molecule has 8 heteroatoms. The minimum absolute atomic E-state index is 0.0151. The van der Waals surface area contributed by atoms with Gasteiger partial charge in [-0.2, -0.15) is 0 Å². The number of aliphatic imine (C=N–C) groups is 1. The Hall–Kier alpha value is -2.54. The summed E-state index contributed by atoms with van der Waals surface area (Å²) in [5.74, 6) is 1.68. The first-order chi connectivity index (χ1) is 15.0. The summed E-state index contributed by atoms with van der Waals surface area (Å²) in [6.07, 6.45) is 5.79. The molecule has 1 heterocycles. The lowest BCUT2D eigenvalue weighted by molar-refractivity contribution is -0.140. The van der Waals surface area contributed by atoms with Crippen molar-refractivity contribution in [3.8, 4) is 5.75 Å². The molecule has 1 aliphatic heterocycles. The third-order valence-corrected chi connectivity index (χ3v) is 6.56. The molecule has 5 unspecified atom stereocenters. The lowest BCUT2D eigenvalue weighted by atomic mass is 9.85. The number of carbonyl (C=O) groups excluding carboxylic acids is 2. The van der Waals surface area contributed by atoms with Crippen LogP contribution in [0, 0.1) is 23.7 Å². The number of imide groups is 1. The van der Waals surface area contributed by atoms with Gasteiger partial charge in [-0.15, -0.1) is 0 Å². The predicted octanol–water partition coefficient (Wildman–Crippen LogP) is 2.47. The molecule has 2 bridgehead atoms. The van der Waals surface area contributed by atoms with Crippen molar-refractivity contribution in [1.82, 2.24) is 15.5 Å². The first kappa shape index (κ1) is 21.7. The van der Waals surface area contributed by atoms with Gasteiger partial charge in [0.15, 0.2) is 5.96 Å². The van der Waals surface area contributed by atoms with Crippen LogP contribution in [-0.2, 0) is 9.59 Å². The number of hydrogen-bond acceptors (Lipinski definition) is 4. The summed E-state index contributed by atoms with van der Waals surface area (Å²) < 4.78 is 5.85. The van der Waals surface area contributed by atoms with Gasteiger partial charge >= 0.3 is 0 Å². The molecule has 1 saturated carbocycles. The van der Waals surface area contributed by atoms with Crippen molar-refractivity contribution < 1.29 is 14.3 Å². The van der Waals surface area contributed by atoms with Crippen molar-refractivity contribution >= 4 is 29.4 Å². The van der Waals surface area contributed by atoms with Crippen LogP contribution in [0.1, 0.15) is 19.8 Å². The van der Waals surface area contributed by atoms with Crippen LogP contribution in [-0.4, -0.2) is 55.5 Å². The van der Waals surface area contributed by atoms with E-state index >= 15 is 0 Å². The van der Waals surface area contributed by atoms with E-state index in [1.165, 1.54) is 4.90 Å². The first-order valence-electron chi connectivity index (χ1n) is 10.9. The zero-order valence-electron chi connectivity index (χ0n) is 17.9. The molecule has 1 aromatic rings. The number of likely N-dealkylation sites (tertiary alicyclic amines) is 1. The monoisotopic (exact) mass is 444 g/mol. The van der Waals surface area contributed by atoms with E-state index in [-0.39, 0.29) is 41.6 Å². The summed E-state index contributed by atoms with van der Waals surface area (Å²) >= 11 is 5.99. The van der Waals surface area contributed by atoms with Gasteiger partial charge in [0.2, 0.25) is 11.8 Å². The second-order valence-corrected chi connectivity index (χ2v) is 8.88. The number of carbonyl (C=O) groups is 2. The topological polar surface area (TPSA) is 83.0 Å². The Kier molecular flexibility index (Phi) is 6.51. The normalized spacial score (nSPS) is 27.6. The van der Waals surface area contributed by atoms with Gasteiger partial charge in [0.1, 0.15) is 11.9 Å². The maximum absolute atomic E-state index is 12.7. The summed E-state index contributed by atoms with van der Waals surface area (Å²) in [5.41, 5.74) is 0. The Labute approximate surface area is 187 Å². The minimum atomic E-state index is -0.120. The molecule has 2 fully saturated rings. The summed E-state index contributed by atoms with van der Waals surface area (Å²) in [6.45, 7) is 3.59. The average molecular weight is 445 g/mol. The fourth-order valence-corrected chi connectivity index (χ4v) is 5.08. The second kappa shape index (κ2) is 9.30. The van der Waals surface area contributed by atoms with Gasteiger partial charge in [0.25, 0.3) is 0 Å². The standard InChI is InChI=1S/C23H29ClN4O3/c1-14(31-18-6-3-5-17(24)12-18)13-27-23(25-2)26-9-4-10-28-21(29)19-15-7-8-16(11-15)20(19)22(28)30/h3,5-8,12,14-16,19-20H,4,9-11,13H2,1-2H3,(H2,25,26,27). The predicted molar refractivity (Wildman–Crippen MR) is 120 cm³/mol. The van der Waals surface area contributed by atoms with Crippen molar-refractivity contribution in [3.63, 3.8) is 0 Å². The van der Waals surface area contributed by atoms with Crippen LogP contribution >= 0.6 is 11.6 Å². The van der Waals surface area contributed by atoms with Gasteiger partial charge < -0.3 is 15.4 Å². The van der Waals surface area contributed by atoms with Crippen LogP contribution in [0.25, 0.3) is 0 Å². The molecule has 0 spiro atoms. The largest absolute Gasteiger partial charge is 0.489 e. The number of nitrogens with one attached hydrogen (secondary N) is 2. The highest BCUT2D eigenvalue weighted by molar-refractivity contribution is 6.30. The van der Waals surface area contributed by atoms with Crippen molar-refractivity contribution in [2.75, 3.05) is 26.7 Å². The van der Waals surface area contributed by atoms with E-state index < -0.39 is 0 Å². The summed E-state index contributed by atoms with van der Waals surface area (Å²) in [7, 11) is 1.70. The lowest BCUT2D eigenvalue weighted by Gasteiger charge is -2.19. The Balaban J connectivity index is 1.17. The highest BCUT2D eigenvalue weighted by Gasteiger charge is 2.58. The van der Waals surface area contributed by atoms with Gasteiger partial charge in [0, 0.05) is 25.2 Å².